The van der Waals surface area contributed by atoms with E-state index in [0.29, 0.717) is 33.6 Å². The van der Waals surface area contributed by atoms with E-state index in [-0.39, 0.29) is 6.17 Å². The number of nitrogens with two attached hydrogens (primary N) is 1. The topological polar surface area (TPSA) is 85.2 Å². The average molecular weight is 424 g/mol. The van der Waals surface area contributed by atoms with Gasteiger partial charge in [-0.2, -0.15) is 0 Å². The molecule has 0 spiro atoms. The third kappa shape index (κ3) is 3.08. The second-order valence-corrected chi connectivity index (χ2v) is 7.42. The van der Waals surface area contributed by atoms with Crippen LogP contribution in [0.5, 0.6) is 0 Å². The molecule has 0 aliphatic carbocycles. The van der Waals surface area contributed by atoms with Crippen LogP contribution in [-0.2, 0) is 6.54 Å². The van der Waals surface area contributed by atoms with E-state index in [1.807, 2.05) is 58.1 Å². The van der Waals surface area contributed by atoms with Crippen LogP contribution in [0, 0.1) is 0 Å². The lowest BCUT2D eigenvalue weighted by Crippen LogP contribution is -2.44. The van der Waals surface area contributed by atoms with Gasteiger partial charge in [-0.25, -0.2) is 15.0 Å². The van der Waals surface area contributed by atoms with Crippen LogP contribution in [0.4, 0.5) is 11.5 Å². The summed E-state index contributed by atoms with van der Waals surface area (Å²) in [5.74, 6) is 0.345. The van der Waals surface area contributed by atoms with Crippen LogP contribution in [0.25, 0.3) is 17.4 Å². The van der Waals surface area contributed by atoms with Crippen molar-refractivity contribution in [2.24, 2.45) is 4.99 Å². The molecule has 0 bridgehead atoms. The maximum absolute atomic E-state index is 6.49. The molecule has 0 amide bonds. The predicted molar refractivity (Wildman–Crippen MR) is 114 cm³/mol. The Kier molecular flexibility index (Phi) is 4.34. The van der Waals surface area contributed by atoms with Crippen LogP contribution in [-0.4, -0.2) is 25.7 Å². The SMILES string of the molecule is Nc1ncnc2c1ncn2CC1N=c2c(Cl)cccc2=CN1c1ccccc1Cl. The van der Waals surface area contributed by atoms with E-state index < -0.39 is 0 Å². The zero-order valence-corrected chi connectivity index (χ0v) is 16.6. The van der Waals surface area contributed by atoms with Crippen molar-refractivity contribution in [3.8, 4) is 0 Å². The van der Waals surface area contributed by atoms with Crippen LogP contribution in [0.1, 0.15) is 0 Å². The molecule has 0 fully saturated rings. The fraction of sp³-hybridized carbons (Fsp3) is 0.100. The smallest absolute Gasteiger partial charge is 0.165 e. The van der Waals surface area contributed by atoms with Crippen molar-refractivity contribution in [3.63, 3.8) is 0 Å². The van der Waals surface area contributed by atoms with Crippen molar-refractivity contribution < 1.29 is 0 Å². The molecule has 144 valence electrons. The Morgan fingerprint density at radius 3 is 2.66 bits per heavy atom. The summed E-state index contributed by atoms with van der Waals surface area (Å²) >= 11 is 12.9. The van der Waals surface area contributed by atoms with Gasteiger partial charge in [0, 0.05) is 11.4 Å². The van der Waals surface area contributed by atoms with Crippen molar-refractivity contribution in [3.05, 3.63) is 75.7 Å². The fourth-order valence-electron chi connectivity index (χ4n) is 3.45. The molecule has 0 saturated carbocycles. The summed E-state index contributed by atoms with van der Waals surface area (Å²) in [5.41, 5.74) is 7.99. The van der Waals surface area contributed by atoms with E-state index >= 15 is 0 Å². The van der Waals surface area contributed by atoms with Crippen molar-refractivity contribution in [1.29, 1.82) is 0 Å². The maximum Gasteiger partial charge on any atom is 0.165 e. The van der Waals surface area contributed by atoms with Crippen molar-refractivity contribution in [2.45, 2.75) is 12.7 Å². The van der Waals surface area contributed by atoms with Gasteiger partial charge in [-0.3, -0.25) is 4.99 Å². The highest BCUT2D eigenvalue weighted by atomic mass is 35.5. The second kappa shape index (κ2) is 7.02. The third-order valence-corrected chi connectivity index (χ3v) is 5.44. The highest BCUT2D eigenvalue weighted by molar-refractivity contribution is 6.33. The van der Waals surface area contributed by atoms with Crippen LogP contribution in [0.3, 0.4) is 0 Å². The molecule has 0 saturated heterocycles. The van der Waals surface area contributed by atoms with Crippen molar-refractivity contribution in [2.75, 3.05) is 10.6 Å². The lowest BCUT2D eigenvalue weighted by Gasteiger charge is -2.31. The summed E-state index contributed by atoms with van der Waals surface area (Å²) in [6, 6.07) is 13.4. The zero-order valence-electron chi connectivity index (χ0n) is 15.1. The second-order valence-electron chi connectivity index (χ2n) is 6.60. The quantitative estimate of drug-likeness (QED) is 0.547. The molecule has 29 heavy (non-hydrogen) atoms. The monoisotopic (exact) mass is 423 g/mol. The molecule has 1 atom stereocenters. The summed E-state index contributed by atoms with van der Waals surface area (Å²) in [6.45, 7) is 0.472. The van der Waals surface area contributed by atoms with Crippen LogP contribution in [0.15, 0.2) is 60.1 Å². The lowest BCUT2D eigenvalue weighted by molar-refractivity contribution is 0.557. The summed E-state index contributed by atoms with van der Waals surface area (Å²) in [7, 11) is 0. The first-order chi connectivity index (χ1) is 14.1. The van der Waals surface area contributed by atoms with Crippen LogP contribution >= 0.6 is 23.2 Å². The van der Waals surface area contributed by atoms with E-state index in [0.717, 1.165) is 16.3 Å². The molecular formula is C20H15Cl2N7. The summed E-state index contributed by atoms with van der Waals surface area (Å²) in [6.07, 6.45) is 4.83. The number of anilines is 2. The maximum atomic E-state index is 6.49. The standard InChI is InChI=1S/C20H15Cl2N7/c21-13-5-1-2-7-15(13)29-8-12-4-3-6-14(22)17(12)27-16(29)9-28-11-26-18-19(23)24-10-25-20(18)28/h1-8,10-11,16H,9H2,(H2,23,24,25). The number of halogens is 2. The molecule has 1 aliphatic rings. The van der Waals surface area contributed by atoms with Gasteiger partial charge in [0.15, 0.2) is 11.5 Å². The highest BCUT2D eigenvalue weighted by Crippen LogP contribution is 2.29. The first-order valence-electron chi connectivity index (χ1n) is 8.90. The molecule has 2 aromatic heterocycles. The molecule has 5 rings (SSSR count). The molecule has 2 N–H and O–H groups in total. The summed E-state index contributed by atoms with van der Waals surface area (Å²) < 4.78 is 1.90. The predicted octanol–water partition coefficient (Wildman–Crippen LogP) is 2.62. The molecule has 7 nitrogen and oxygen atoms in total. The number of rotatable bonds is 3. The van der Waals surface area contributed by atoms with Gasteiger partial charge in [0.05, 0.1) is 34.0 Å². The number of para-hydroxylation sites is 2. The van der Waals surface area contributed by atoms with Crippen LogP contribution in [0.2, 0.25) is 10.0 Å². The minimum atomic E-state index is -0.309. The number of imidazole rings is 1. The number of fused-ring (bicyclic) bond motifs is 2. The Hall–Kier alpha value is -3.16. The molecule has 0 radical (unpaired) electrons. The molecule has 2 aromatic carbocycles. The molecule has 3 heterocycles. The zero-order chi connectivity index (χ0) is 20.0. The Morgan fingerprint density at radius 2 is 1.79 bits per heavy atom. The van der Waals surface area contributed by atoms with Gasteiger partial charge in [0.2, 0.25) is 0 Å². The average Bonchev–Trinajstić information content (AvgIpc) is 3.13. The Bertz CT molecular complexity index is 1350. The number of hydrogen-bond acceptors (Lipinski definition) is 6. The number of nitrogen functional groups attached to an aromatic ring is 1. The van der Waals surface area contributed by atoms with Gasteiger partial charge < -0.3 is 15.2 Å². The Labute approximate surface area is 175 Å². The van der Waals surface area contributed by atoms with E-state index in [1.54, 1.807) is 6.33 Å². The van der Waals surface area contributed by atoms with E-state index in [2.05, 4.69) is 15.0 Å². The van der Waals surface area contributed by atoms with Crippen LogP contribution < -0.4 is 21.2 Å². The van der Waals surface area contributed by atoms with E-state index in [4.69, 9.17) is 33.9 Å². The largest absolute Gasteiger partial charge is 0.382 e. The number of hydrogen-bond donors (Lipinski definition) is 1. The first kappa shape index (κ1) is 17.9. The molecule has 1 unspecified atom stereocenters. The molecular weight excluding hydrogens is 409 g/mol. The molecule has 4 aromatic rings. The van der Waals surface area contributed by atoms with Crippen molar-refractivity contribution >= 4 is 52.1 Å². The number of benzene rings is 2. The normalized spacial score (nSPS) is 15.7. The third-order valence-electron chi connectivity index (χ3n) is 4.82. The lowest BCUT2D eigenvalue weighted by atomic mass is 10.2. The molecule has 1 aliphatic heterocycles. The number of nitrogens with zero attached hydrogens (tertiary/aromatic N) is 6. The summed E-state index contributed by atoms with van der Waals surface area (Å²) in [5, 5.41) is 2.91. The molecule has 9 heteroatoms. The van der Waals surface area contributed by atoms with Gasteiger partial charge in [0.25, 0.3) is 0 Å². The van der Waals surface area contributed by atoms with Gasteiger partial charge in [0.1, 0.15) is 18.0 Å². The van der Waals surface area contributed by atoms with E-state index in [1.165, 1.54) is 6.33 Å². The fourth-order valence-corrected chi connectivity index (χ4v) is 3.91. The Morgan fingerprint density at radius 1 is 0.966 bits per heavy atom. The minimum Gasteiger partial charge on any atom is -0.382 e. The Balaban J connectivity index is 1.66. The number of aromatic nitrogens is 4. The van der Waals surface area contributed by atoms with Crippen molar-refractivity contribution in [1.82, 2.24) is 19.5 Å². The highest BCUT2D eigenvalue weighted by Gasteiger charge is 2.23. The van der Waals surface area contributed by atoms with E-state index in [9.17, 15) is 0 Å². The van der Waals surface area contributed by atoms with Gasteiger partial charge in [-0.1, -0.05) is 47.5 Å². The van der Waals surface area contributed by atoms with Gasteiger partial charge in [-0.15, -0.1) is 0 Å². The van der Waals surface area contributed by atoms with Gasteiger partial charge >= 0.3 is 0 Å². The minimum absolute atomic E-state index is 0.309. The summed E-state index contributed by atoms with van der Waals surface area (Å²) in [4.78, 5) is 19.6. The first-order valence-corrected chi connectivity index (χ1v) is 9.66. The van der Waals surface area contributed by atoms with Gasteiger partial charge in [-0.05, 0) is 18.2 Å².